The highest BCUT2D eigenvalue weighted by Crippen LogP contribution is 2.31. The van der Waals surface area contributed by atoms with Crippen molar-refractivity contribution in [3.8, 4) is 0 Å². The fourth-order valence-electron chi connectivity index (χ4n) is 2.57. The Balaban J connectivity index is 2.13. The van der Waals surface area contributed by atoms with Crippen LogP contribution in [0, 0.1) is 17.0 Å². The van der Waals surface area contributed by atoms with Crippen LogP contribution < -0.4 is 5.32 Å². The van der Waals surface area contributed by atoms with E-state index in [0.717, 1.165) is 43.6 Å². The Morgan fingerprint density at radius 1 is 1.40 bits per heavy atom. The van der Waals surface area contributed by atoms with Crippen LogP contribution in [0.2, 0.25) is 5.02 Å². The van der Waals surface area contributed by atoms with Gasteiger partial charge in [-0.3, -0.25) is 10.1 Å². The van der Waals surface area contributed by atoms with Gasteiger partial charge in [-0.1, -0.05) is 11.6 Å². The van der Waals surface area contributed by atoms with Crippen molar-refractivity contribution in [2.24, 2.45) is 0 Å². The van der Waals surface area contributed by atoms with Crippen molar-refractivity contribution in [1.82, 2.24) is 4.90 Å². The molecule has 1 N–H and O–H groups in total. The van der Waals surface area contributed by atoms with E-state index in [0.29, 0.717) is 6.04 Å². The Morgan fingerprint density at radius 3 is 2.85 bits per heavy atom. The number of likely N-dealkylation sites (tertiary alicyclic amines) is 1. The van der Waals surface area contributed by atoms with E-state index in [4.69, 9.17) is 11.6 Å². The summed E-state index contributed by atoms with van der Waals surface area (Å²) >= 11 is 5.98. The number of nitrogens with one attached hydrogen (secondary N) is 1. The van der Waals surface area contributed by atoms with Crippen molar-refractivity contribution >= 4 is 23.0 Å². The molecule has 1 aromatic carbocycles. The molecule has 2 rings (SSSR count). The third kappa shape index (κ3) is 3.61. The highest BCUT2D eigenvalue weighted by molar-refractivity contribution is 6.33. The van der Waals surface area contributed by atoms with Crippen LogP contribution >= 0.6 is 11.6 Å². The summed E-state index contributed by atoms with van der Waals surface area (Å²) in [7, 11) is 2.14. The molecule has 0 aromatic heterocycles. The molecule has 1 aromatic rings. The van der Waals surface area contributed by atoms with Crippen molar-refractivity contribution < 1.29 is 4.92 Å². The van der Waals surface area contributed by atoms with E-state index >= 15 is 0 Å². The van der Waals surface area contributed by atoms with Crippen molar-refractivity contribution in [3.05, 3.63) is 32.8 Å². The molecule has 1 fully saturated rings. The molecule has 1 saturated heterocycles. The fraction of sp³-hybridized carbons (Fsp3) is 0.571. The molecule has 6 heteroatoms. The summed E-state index contributed by atoms with van der Waals surface area (Å²) in [5, 5.41) is 14.5. The highest BCUT2D eigenvalue weighted by atomic mass is 35.5. The fourth-order valence-corrected chi connectivity index (χ4v) is 2.80. The predicted molar refractivity (Wildman–Crippen MR) is 81.6 cm³/mol. The van der Waals surface area contributed by atoms with Gasteiger partial charge in [0.2, 0.25) is 0 Å². The molecule has 1 unspecified atom stereocenters. The summed E-state index contributed by atoms with van der Waals surface area (Å²) < 4.78 is 0. The topological polar surface area (TPSA) is 58.4 Å². The largest absolute Gasteiger partial charge is 0.382 e. The maximum absolute atomic E-state index is 10.9. The van der Waals surface area contributed by atoms with Gasteiger partial charge in [-0.25, -0.2) is 0 Å². The Hall–Kier alpha value is -1.33. The Labute approximate surface area is 124 Å². The number of hydrogen-bond acceptors (Lipinski definition) is 4. The minimum Gasteiger partial charge on any atom is -0.382 e. The molecule has 1 aliphatic rings. The number of nitro groups is 1. The Morgan fingerprint density at radius 2 is 2.15 bits per heavy atom. The second-order valence-electron chi connectivity index (χ2n) is 5.45. The molecule has 0 saturated carbocycles. The summed E-state index contributed by atoms with van der Waals surface area (Å²) in [4.78, 5) is 12.7. The molecule has 20 heavy (non-hydrogen) atoms. The van der Waals surface area contributed by atoms with Crippen LogP contribution in [0.1, 0.15) is 24.8 Å². The molecule has 110 valence electrons. The first-order valence-electron chi connectivity index (χ1n) is 6.87. The van der Waals surface area contributed by atoms with E-state index in [1.54, 1.807) is 6.07 Å². The summed E-state index contributed by atoms with van der Waals surface area (Å²) in [6, 6.07) is 3.60. The predicted octanol–water partition coefficient (Wildman–Crippen LogP) is 3.45. The van der Waals surface area contributed by atoms with Crippen LogP contribution in [-0.4, -0.2) is 36.0 Å². The van der Waals surface area contributed by atoms with Gasteiger partial charge in [0.05, 0.1) is 4.92 Å². The molecule has 1 aliphatic heterocycles. The second kappa shape index (κ2) is 6.41. The van der Waals surface area contributed by atoms with E-state index in [1.165, 1.54) is 6.07 Å². The summed E-state index contributed by atoms with van der Waals surface area (Å²) in [5.41, 5.74) is 1.73. The van der Waals surface area contributed by atoms with Crippen molar-refractivity contribution in [1.29, 1.82) is 0 Å². The third-order valence-electron chi connectivity index (χ3n) is 3.80. The quantitative estimate of drug-likeness (QED) is 0.686. The van der Waals surface area contributed by atoms with Gasteiger partial charge in [-0.05, 0) is 58.0 Å². The number of anilines is 1. The summed E-state index contributed by atoms with van der Waals surface area (Å²) in [5.74, 6) is 0. The van der Waals surface area contributed by atoms with Crippen LogP contribution in [0.5, 0.6) is 0 Å². The third-order valence-corrected chi connectivity index (χ3v) is 4.10. The van der Waals surface area contributed by atoms with E-state index in [9.17, 15) is 10.1 Å². The van der Waals surface area contributed by atoms with Gasteiger partial charge < -0.3 is 10.2 Å². The van der Waals surface area contributed by atoms with Gasteiger partial charge in [0.1, 0.15) is 5.02 Å². The first-order valence-corrected chi connectivity index (χ1v) is 7.25. The van der Waals surface area contributed by atoms with Crippen LogP contribution in [0.4, 0.5) is 11.4 Å². The number of hydrogen-bond donors (Lipinski definition) is 1. The lowest BCUT2D eigenvalue weighted by Gasteiger charge is -2.19. The van der Waals surface area contributed by atoms with Gasteiger partial charge in [0, 0.05) is 17.8 Å². The van der Waals surface area contributed by atoms with E-state index in [-0.39, 0.29) is 10.7 Å². The Kier molecular flexibility index (Phi) is 4.83. The minimum atomic E-state index is -0.445. The molecule has 0 amide bonds. The van der Waals surface area contributed by atoms with Crippen molar-refractivity contribution in [2.75, 3.05) is 25.5 Å². The number of halogens is 1. The van der Waals surface area contributed by atoms with Crippen LogP contribution in [0.3, 0.4) is 0 Å². The van der Waals surface area contributed by atoms with E-state index in [1.807, 2.05) is 6.92 Å². The minimum absolute atomic E-state index is 0.0321. The van der Waals surface area contributed by atoms with Gasteiger partial charge in [-0.2, -0.15) is 0 Å². The van der Waals surface area contributed by atoms with Gasteiger partial charge in [0.15, 0.2) is 0 Å². The highest BCUT2D eigenvalue weighted by Gasteiger charge is 2.18. The zero-order chi connectivity index (χ0) is 14.7. The molecule has 1 atom stereocenters. The first-order chi connectivity index (χ1) is 9.47. The van der Waals surface area contributed by atoms with Crippen LogP contribution in [0.25, 0.3) is 0 Å². The lowest BCUT2D eigenvalue weighted by Crippen LogP contribution is -2.23. The Bertz CT molecular complexity index is 507. The standard InChI is InChI=1S/C14H20ClN3O2/c1-10-8-14(18(19)20)12(15)9-13(10)16-11-4-3-6-17(2)7-5-11/h8-9,11,16H,3-7H2,1-2H3. The zero-order valence-electron chi connectivity index (χ0n) is 11.9. The molecule has 5 nitrogen and oxygen atoms in total. The summed E-state index contributed by atoms with van der Waals surface area (Å²) in [6.45, 7) is 4.06. The number of aryl methyl sites for hydroxylation is 1. The molecule has 0 spiro atoms. The maximum Gasteiger partial charge on any atom is 0.288 e. The van der Waals surface area contributed by atoms with E-state index < -0.39 is 4.92 Å². The number of nitrogens with zero attached hydrogens (tertiary/aromatic N) is 2. The van der Waals surface area contributed by atoms with Gasteiger partial charge in [-0.15, -0.1) is 0 Å². The van der Waals surface area contributed by atoms with Crippen LogP contribution in [0.15, 0.2) is 12.1 Å². The molecule has 0 bridgehead atoms. The van der Waals surface area contributed by atoms with Gasteiger partial charge in [0.25, 0.3) is 5.69 Å². The van der Waals surface area contributed by atoms with Gasteiger partial charge >= 0.3 is 0 Å². The summed E-state index contributed by atoms with van der Waals surface area (Å²) in [6.07, 6.45) is 3.34. The zero-order valence-corrected chi connectivity index (χ0v) is 12.6. The SMILES string of the molecule is Cc1cc([N+](=O)[O-])c(Cl)cc1NC1CCCN(C)CC1. The maximum atomic E-state index is 10.9. The molecule has 0 radical (unpaired) electrons. The number of benzene rings is 1. The average molecular weight is 298 g/mol. The first kappa shape index (κ1) is 15.1. The normalized spacial score (nSPS) is 20.4. The lowest BCUT2D eigenvalue weighted by molar-refractivity contribution is -0.384. The molecular weight excluding hydrogens is 278 g/mol. The second-order valence-corrected chi connectivity index (χ2v) is 5.86. The van der Waals surface area contributed by atoms with Crippen molar-refractivity contribution in [2.45, 2.75) is 32.2 Å². The average Bonchev–Trinajstić information content (AvgIpc) is 2.58. The molecule has 0 aliphatic carbocycles. The van der Waals surface area contributed by atoms with Crippen molar-refractivity contribution in [3.63, 3.8) is 0 Å². The number of nitro benzene ring substituents is 1. The smallest absolute Gasteiger partial charge is 0.288 e. The molecular formula is C14H20ClN3O2. The molecule has 1 heterocycles. The number of rotatable bonds is 3. The monoisotopic (exact) mass is 297 g/mol. The van der Waals surface area contributed by atoms with Crippen LogP contribution in [-0.2, 0) is 0 Å². The van der Waals surface area contributed by atoms with E-state index in [2.05, 4.69) is 17.3 Å². The lowest BCUT2D eigenvalue weighted by atomic mass is 10.1.